The van der Waals surface area contributed by atoms with Crippen molar-refractivity contribution in [3.63, 3.8) is 0 Å². The number of hydrogen-bond donors (Lipinski definition) is 1. The summed E-state index contributed by atoms with van der Waals surface area (Å²) in [5.41, 5.74) is 1.03. The van der Waals surface area contributed by atoms with Crippen LogP contribution in [0.15, 0.2) is 30.4 Å². The van der Waals surface area contributed by atoms with Gasteiger partial charge in [-0.15, -0.1) is 0 Å². The van der Waals surface area contributed by atoms with Crippen LogP contribution in [-0.4, -0.2) is 31.4 Å². The van der Waals surface area contributed by atoms with Gasteiger partial charge in [-0.2, -0.15) is 0 Å². The highest BCUT2D eigenvalue weighted by Gasteiger charge is 2.01. The average molecular weight is 236 g/mol. The van der Waals surface area contributed by atoms with E-state index >= 15 is 0 Å². The molecule has 0 saturated heterocycles. The fourth-order valence-electron chi connectivity index (χ4n) is 1.23. The Bertz CT molecular complexity index is 427. The number of halogens is 1. The number of nitrogens with zero attached hydrogens (tertiary/aromatic N) is 1. The summed E-state index contributed by atoms with van der Waals surface area (Å²) in [6.07, 6.45) is 3.19. The molecule has 4 heteroatoms. The number of carbonyl (C=O) groups is 1. The van der Waals surface area contributed by atoms with E-state index < -0.39 is 0 Å². The van der Waals surface area contributed by atoms with Crippen LogP contribution in [0.5, 0.6) is 0 Å². The van der Waals surface area contributed by atoms with Crippen LogP contribution in [0.4, 0.5) is 10.1 Å². The lowest BCUT2D eigenvalue weighted by Crippen LogP contribution is -2.13. The molecule has 1 aromatic carbocycles. The number of amides is 1. The Hall–Kier alpha value is -1.68. The first-order chi connectivity index (χ1) is 7.99. The maximum absolute atomic E-state index is 13.2. The molecule has 92 valence electrons. The van der Waals surface area contributed by atoms with Crippen LogP contribution in [0, 0.1) is 12.7 Å². The second kappa shape index (κ2) is 6.15. The summed E-state index contributed by atoms with van der Waals surface area (Å²) in [5, 5.41) is 2.60. The van der Waals surface area contributed by atoms with Crippen molar-refractivity contribution in [3.8, 4) is 0 Å². The number of hydrogen-bond acceptors (Lipinski definition) is 2. The van der Waals surface area contributed by atoms with Crippen molar-refractivity contribution in [2.45, 2.75) is 6.92 Å². The van der Waals surface area contributed by atoms with Crippen LogP contribution >= 0.6 is 0 Å². The number of carbonyl (C=O) groups excluding carboxylic acids is 1. The van der Waals surface area contributed by atoms with Gasteiger partial charge >= 0.3 is 0 Å². The normalized spacial score (nSPS) is 11.1. The van der Waals surface area contributed by atoms with Crippen LogP contribution < -0.4 is 5.32 Å². The molecule has 1 amide bonds. The zero-order valence-electron chi connectivity index (χ0n) is 10.3. The SMILES string of the molecule is Cc1ccc(NC(=O)C=CCN(C)C)cc1F. The molecule has 0 aliphatic rings. The minimum atomic E-state index is -0.319. The highest BCUT2D eigenvalue weighted by Crippen LogP contribution is 2.13. The minimum Gasteiger partial charge on any atom is -0.322 e. The Kier molecular flexibility index (Phi) is 4.84. The first kappa shape index (κ1) is 13.4. The van der Waals surface area contributed by atoms with Crippen molar-refractivity contribution < 1.29 is 9.18 Å². The van der Waals surface area contributed by atoms with Crippen molar-refractivity contribution in [2.75, 3.05) is 26.0 Å². The Morgan fingerprint density at radius 3 is 2.76 bits per heavy atom. The molecule has 0 atom stereocenters. The summed E-state index contributed by atoms with van der Waals surface area (Å²) in [5.74, 6) is -0.574. The van der Waals surface area contributed by atoms with E-state index in [-0.39, 0.29) is 11.7 Å². The molecule has 0 aliphatic carbocycles. The fraction of sp³-hybridized carbons (Fsp3) is 0.308. The van der Waals surface area contributed by atoms with E-state index in [1.54, 1.807) is 25.1 Å². The fourth-order valence-corrected chi connectivity index (χ4v) is 1.23. The van der Waals surface area contributed by atoms with Gasteiger partial charge in [-0.3, -0.25) is 4.79 Å². The minimum absolute atomic E-state index is 0.255. The maximum Gasteiger partial charge on any atom is 0.248 e. The Morgan fingerprint density at radius 1 is 1.47 bits per heavy atom. The second-order valence-electron chi connectivity index (χ2n) is 4.12. The van der Waals surface area contributed by atoms with Gasteiger partial charge in [-0.1, -0.05) is 12.1 Å². The van der Waals surface area contributed by atoms with Gasteiger partial charge in [0.1, 0.15) is 5.82 Å². The molecule has 0 unspecified atom stereocenters. The summed E-state index contributed by atoms with van der Waals surface area (Å²) < 4.78 is 13.2. The maximum atomic E-state index is 13.2. The first-order valence-corrected chi connectivity index (χ1v) is 5.37. The predicted molar refractivity (Wildman–Crippen MR) is 67.5 cm³/mol. The van der Waals surface area contributed by atoms with Crippen molar-refractivity contribution in [2.24, 2.45) is 0 Å². The second-order valence-corrected chi connectivity index (χ2v) is 4.12. The van der Waals surface area contributed by atoms with Crippen molar-refractivity contribution in [3.05, 3.63) is 41.7 Å². The molecule has 1 N–H and O–H groups in total. The van der Waals surface area contributed by atoms with Gasteiger partial charge in [-0.25, -0.2) is 4.39 Å². The third kappa shape index (κ3) is 4.78. The van der Waals surface area contributed by atoms with Crippen molar-refractivity contribution in [1.29, 1.82) is 0 Å². The van der Waals surface area contributed by atoms with Gasteiger partial charge in [0.2, 0.25) is 5.91 Å². The molecule has 0 fully saturated rings. The highest BCUT2D eigenvalue weighted by atomic mass is 19.1. The zero-order valence-corrected chi connectivity index (χ0v) is 10.3. The monoisotopic (exact) mass is 236 g/mol. The molecule has 0 spiro atoms. The number of likely N-dealkylation sites (N-methyl/N-ethyl adjacent to an activating group) is 1. The molecule has 0 aromatic heterocycles. The Labute approximate surface area is 101 Å². The van der Waals surface area contributed by atoms with Crippen LogP contribution in [-0.2, 0) is 4.79 Å². The van der Waals surface area contributed by atoms with Gasteiger partial charge in [0.15, 0.2) is 0 Å². The molecule has 0 bridgehead atoms. The van der Waals surface area contributed by atoms with E-state index in [9.17, 15) is 9.18 Å². The molecular weight excluding hydrogens is 219 g/mol. The number of benzene rings is 1. The topological polar surface area (TPSA) is 32.3 Å². The summed E-state index contributed by atoms with van der Waals surface area (Å²) in [6.45, 7) is 2.37. The molecule has 1 rings (SSSR count). The van der Waals surface area contributed by atoms with Crippen molar-refractivity contribution in [1.82, 2.24) is 4.90 Å². The third-order valence-electron chi connectivity index (χ3n) is 2.18. The zero-order chi connectivity index (χ0) is 12.8. The van der Waals surface area contributed by atoms with E-state index in [2.05, 4.69) is 5.32 Å². The highest BCUT2D eigenvalue weighted by molar-refractivity contribution is 5.99. The molecule has 17 heavy (non-hydrogen) atoms. The van der Waals surface area contributed by atoms with Crippen LogP contribution in [0.1, 0.15) is 5.56 Å². The van der Waals surface area contributed by atoms with E-state index in [4.69, 9.17) is 0 Å². The molecular formula is C13H17FN2O. The lowest BCUT2D eigenvalue weighted by Gasteiger charge is -2.05. The number of anilines is 1. The molecule has 0 saturated carbocycles. The smallest absolute Gasteiger partial charge is 0.248 e. The average Bonchev–Trinajstić information content (AvgIpc) is 2.23. The largest absolute Gasteiger partial charge is 0.322 e. The number of nitrogens with one attached hydrogen (secondary N) is 1. The van der Waals surface area contributed by atoms with Gasteiger partial charge in [-0.05, 0) is 38.7 Å². The quantitative estimate of drug-likeness (QED) is 0.813. The summed E-state index contributed by atoms with van der Waals surface area (Å²) in [7, 11) is 3.83. The van der Waals surface area contributed by atoms with E-state index in [0.717, 1.165) is 0 Å². The number of rotatable bonds is 4. The van der Waals surface area contributed by atoms with E-state index in [1.165, 1.54) is 12.1 Å². The van der Waals surface area contributed by atoms with Gasteiger partial charge in [0.25, 0.3) is 0 Å². The molecule has 0 heterocycles. The summed E-state index contributed by atoms with van der Waals surface area (Å²) in [4.78, 5) is 13.4. The van der Waals surface area contributed by atoms with Crippen LogP contribution in [0.25, 0.3) is 0 Å². The third-order valence-corrected chi connectivity index (χ3v) is 2.18. The van der Waals surface area contributed by atoms with Gasteiger partial charge in [0, 0.05) is 18.3 Å². The summed E-state index contributed by atoms with van der Waals surface area (Å²) in [6, 6.07) is 4.62. The Balaban J connectivity index is 2.56. The lowest BCUT2D eigenvalue weighted by atomic mass is 10.2. The first-order valence-electron chi connectivity index (χ1n) is 5.37. The summed E-state index contributed by atoms with van der Waals surface area (Å²) >= 11 is 0. The predicted octanol–water partition coefficient (Wildman–Crippen LogP) is 2.19. The molecule has 0 radical (unpaired) electrons. The van der Waals surface area contributed by atoms with Crippen LogP contribution in [0.2, 0.25) is 0 Å². The van der Waals surface area contributed by atoms with E-state index in [0.29, 0.717) is 17.8 Å². The lowest BCUT2D eigenvalue weighted by molar-refractivity contribution is -0.111. The van der Waals surface area contributed by atoms with Gasteiger partial charge in [0.05, 0.1) is 0 Å². The Morgan fingerprint density at radius 2 is 2.18 bits per heavy atom. The molecule has 3 nitrogen and oxygen atoms in total. The van der Waals surface area contributed by atoms with Gasteiger partial charge < -0.3 is 10.2 Å². The van der Waals surface area contributed by atoms with Crippen LogP contribution in [0.3, 0.4) is 0 Å². The standard InChI is InChI=1S/C13H17FN2O/c1-10-6-7-11(9-12(10)14)15-13(17)5-4-8-16(2)3/h4-7,9H,8H2,1-3H3,(H,15,17). The molecule has 0 aliphatic heterocycles. The van der Waals surface area contributed by atoms with E-state index in [1.807, 2.05) is 19.0 Å². The molecule has 1 aromatic rings. The van der Waals surface area contributed by atoms with Crippen molar-refractivity contribution >= 4 is 11.6 Å². The number of aryl methyl sites for hydroxylation is 1.